The van der Waals surface area contributed by atoms with E-state index >= 15 is 0 Å². The summed E-state index contributed by atoms with van der Waals surface area (Å²) >= 11 is 0. The van der Waals surface area contributed by atoms with Gasteiger partial charge in [0.25, 0.3) is 11.5 Å². The second-order valence-corrected chi connectivity index (χ2v) is 7.11. The molecule has 2 aromatic heterocycles. The first-order chi connectivity index (χ1) is 14.4. The van der Waals surface area contributed by atoms with E-state index in [1.807, 2.05) is 24.3 Å². The number of nitrogens with one attached hydrogen (secondary N) is 1. The minimum Gasteiger partial charge on any atom is -0.468 e. The zero-order valence-electron chi connectivity index (χ0n) is 17.1. The van der Waals surface area contributed by atoms with Crippen molar-refractivity contribution >= 4 is 17.6 Å². The number of benzene rings is 1. The minimum atomic E-state index is -0.550. The number of nitrogens with zero attached hydrogens (tertiary/aromatic N) is 2. The van der Waals surface area contributed by atoms with Crippen LogP contribution < -0.4 is 10.9 Å². The third kappa shape index (κ3) is 4.81. The third-order valence-electron chi connectivity index (χ3n) is 4.68. The monoisotopic (exact) mass is 405 g/mol. The molecule has 1 aromatic carbocycles. The fourth-order valence-electron chi connectivity index (χ4n) is 3.11. The van der Waals surface area contributed by atoms with Crippen LogP contribution >= 0.6 is 0 Å². The molecule has 1 N–H and O–H groups in total. The molecule has 0 fully saturated rings. The first kappa shape index (κ1) is 21.0. The quantitative estimate of drug-likeness (QED) is 0.634. The number of rotatable bonds is 6. The van der Waals surface area contributed by atoms with Gasteiger partial charge in [-0.3, -0.25) is 19.4 Å². The number of ether oxygens (including phenoxy) is 1. The van der Waals surface area contributed by atoms with Crippen molar-refractivity contribution < 1.29 is 14.3 Å². The normalized spacial score (nSPS) is 10.7. The number of aromatic nitrogens is 2. The van der Waals surface area contributed by atoms with E-state index in [-0.39, 0.29) is 23.9 Å². The predicted molar refractivity (Wildman–Crippen MR) is 114 cm³/mol. The van der Waals surface area contributed by atoms with E-state index in [0.717, 1.165) is 16.7 Å². The smallest absolute Gasteiger partial charge is 0.325 e. The first-order valence-corrected chi connectivity index (χ1v) is 9.52. The second kappa shape index (κ2) is 9.17. The van der Waals surface area contributed by atoms with E-state index in [1.54, 1.807) is 18.5 Å². The Hall–Kier alpha value is -3.74. The predicted octanol–water partition coefficient (Wildman–Crippen LogP) is 3.46. The van der Waals surface area contributed by atoms with Crippen molar-refractivity contribution in [3.8, 4) is 11.1 Å². The molecule has 7 nitrogen and oxygen atoms in total. The van der Waals surface area contributed by atoms with Gasteiger partial charge in [0.05, 0.1) is 12.8 Å². The van der Waals surface area contributed by atoms with Gasteiger partial charge >= 0.3 is 5.97 Å². The lowest BCUT2D eigenvalue weighted by Gasteiger charge is -2.15. The highest BCUT2D eigenvalue weighted by molar-refractivity contribution is 6.05. The summed E-state index contributed by atoms with van der Waals surface area (Å²) < 4.78 is 5.78. The molecule has 0 unspecified atom stereocenters. The number of esters is 1. The zero-order valence-corrected chi connectivity index (χ0v) is 17.1. The number of methoxy groups -OCH3 is 1. The fraction of sp³-hybridized carbons (Fsp3) is 0.217. The molecule has 0 spiro atoms. The molecule has 0 saturated heterocycles. The van der Waals surface area contributed by atoms with E-state index < -0.39 is 5.97 Å². The summed E-state index contributed by atoms with van der Waals surface area (Å²) in [5.74, 6) is -0.594. The average molecular weight is 405 g/mol. The van der Waals surface area contributed by atoms with Gasteiger partial charge in [0.15, 0.2) is 0 Å². The number of amides is 1. The minimum absolute atomic E-state index is 0.229. The Bertz CT molecular complexity index is 1120. The van der Waals surface area contributed by atoms with Crippen molar-refractivity contribution in [3.05, 3.63) is 82.5 Å². The van der Waals surface area contributed by atoms with E-state index in [1.165, 1.54) is 30.0 Å². The maximum absolute atomic E-state index is 12.8. The molecule has 3 rings (SSSR count). The molecule has 0 atom stereocenters. The lowest BCUT2D eigenvalue weighted by molar-refractivity contribution is -0.141. The van der Waals surface area contributed by atoms with E-state index in [9.17, 15) is 14.4 Å². The maximum Gasteiger partial charge on any atom is 0.325 e. The number of hydrogen-bond donors (Lipinski definition) is 1. The van der Waals surface area contributed by atoms with Crippen LogP contribution in [0.2, 0.25) is 0 Å². The van der Waals surface area contributed by atoms with Crippen molar-refractivity contribution in [2.24, 2.45) is 0 Å². The maximum atomic E-state index is 12.8. The Morgan fingerprint density at radius 2 is 1.97 bits per heavy atom. The molecule has 1 amide bonds. The molecule has 0 aliphatic heterocycles. The van der Waals surface area contributed by atoms with Crippen LogP contribution in [0, 0.1) is 0 Å². The Morgan fingerprint density at radius 1 is 1.17 bits per heavy atom. The fourth-order valence-corrected chi connectivity index (χ4v) is 3.11. The Morgan fingerprint density at radius 3 is 2.63 bits per heavy atom. The molecule has 0 aliphatic carbocycles. The summed E-state index contributed by atoms with van der Waals surface area (Å²) in [6.45, 7) is 3.96. The second-order valence-electron chi connectivity index (χ2n) is 7.11. The number of carbonyl (C=O) groups excluding carboxylic acids is 2. The van der Waals surface area contributed by atoms with Crippen molar-refractivity contribution in [2.45, 2.75) is 26.3 Å². The van der Waals surface area contributed by atoms with Crippen molar-refractivity contribution in [1.82, 2.24) is 9.55 Å². The van der Waals surface area contributed by atoms with Crippen LogP contribution in [0.25, 0.3) is 11.1 Å². The number of carbonyl (C=O) groups is 2. The van der Waals surface area contributed by atoms with E-state index in [0.29, 0.717) is 11.3 Å². The van der Waals surface area contributed by atoms with Crippen molar-refractivity contribution in [3.63, 3.8) is 0 Å². The van der Waals surface area contributed by atoms with Gasteiger partial charge in [-0.2, -0.15) is 0 Å². The largest absolute Gasteiger partial charge is 0.468 e. The Labute approximate surface area is 174 Å². The van der Waals surface area contributed by atoms with E-state index in [2.05, 4.69) is 28.9 Å². The van der Waals surface area contributed by atoms with Crippen LogP contribution in [0.1, 0.15) is 35.7 Å². The molecule has 3 aromatic rings. The van der Waals surface area contributed by atoms with Gasteiger partial charge in [0.1, 0.15) is 6.54 Å². The number of hydrogen-bond acceptors (Lipinski definition) is 5. The summed E-state index contributed by atoms with van der Waals surface area (Å²) in [6, 6.07) is 12.2. The molecule has 0 saturated carbocycles. The summed E-state index contributed by atoms with van der Waals surface area (Å²) in [6.07, 6.45) is 4.89. The highest BCUT2D eigenvalue weighted by atomic mass is 16.5. The molecule has 0 bridgehead atoms. The van der Waals surface area contributed by atoms with Crippen molar-refractivity contribution in [1.29, 1.82) is 0 Å². The molecule has 30 heavy (non-hydrogen) atoms. The zero-order chi connectivity index (χ0) is 21.7. The van der Waals surface area contributed by atoms with Gasteiger partial charge in [-0.1, -0.05) is 26.0 Å². The molecular formula is C23H23N3O4. The SMILES string of the molecule is COC(=O)Cn1cc(NC(=O)c2ccc(C(C)C)c(-c3cccnc3)c2)ccc1=O. The van der Waals surface area contributed by atoms with Gasteiger partial charge in [-0.25, -0.2) is 0 Å². The van der Waals surface area contributed by atoms with Gasteiger partial charge in [0, 0.05) is 35.8 Å². The van der Waals surface area contributed by atoms with E-state index in [4.69, 9.17) is 0 Å². The van der Waals surface area contributed by atoms with Gasteiger partial charge < -0.3 is 14.6 Å². The topological polar surface area (TPSA) is 90.3 Å². The lowest BCUT2D eigenvalue weighted by Crippen LogP contribution is -2.24. The van der Waals surface area contributed by atoms with Crippen LogP contribution in [-0.4, -0.2) is 28.5 Å². The highest BCUT2D eigenvalue weighted by Gasteiger charge is 2.14. The molecule has 154 valence electrons. The lowest BCUT2D eigenvalue weighted by atomic mass is 9.91. The van der Waals surface area contributed by atoms with Crippen LogP contribution in [-0.2, 0) is 16.1 Å². The molecule has 2 heterocycles. The van der Waals surface area contributed by atoms with Gasteiger partial charge in [-0.15, -0.1) is 0 Å². The number of pyridine rings is 2. The highest BCUT2D eigenvalue weighted by Crippen LogP contribution is 2.30. The number of anilines is 1. The van der Waals surface area contributed by atoms with Gasteiger partial charge in [0.2, 0.25) is 0 Å². The standard InChI is InChI=1S/C23H23N3O4/c1-15(2)19-8-6-16(11-20(19)17-5-4-10-24-12-17)23(29)25-18-7-9-21(27)26(13-18)14-22(28)30-3/h4-13,15H,14H2,1-3H3,(H,25,29). The Balaban J connectivity index is 1.90. The van der Waals surface area contributed by atoms with Gasteiger partial charge in [-0.05, 0) is 41.3 Å². The summed E-state index contributed by atoms with van der Waals surface area (Å²) in [4.78, 5) is 40.4. The Kier molecular flexibility index (Phi) is 6.41. The van der Waals surface area contributed by atoms with Crippen LogP contribution in [0.5, 0.6) is 0 Å². The molecule has 0 radical (unpaired) electrons. The summed E-state index contributed by atoms with van der Waals surface area (Å²) in [5, 5.41) is 2.78. The van der Waals surface area contributed by atoms with Crippen LogP contribution in [0.3, 0.4) is 0 Å². The molecule has 7 heteroatoms. The molecular weight excluding hydrogens is 382 g/mol. The summed E-state index contributed by atoms with van der Waals surface area (Å²) in [5.41, 5.74) is 3.51. The molecule has 0 aliphatic rings. The van der Waals surface area contributed by atoms with Crippen LogP contribution in [0.4, 0.5) is 5.69 Å². The summed E-state index contributed by atoms with van der Waals surface area (Å²) in [7, 11) is 1.25. The van der Waals surface area contributed by atoms with Crippen molar-refractivity contribution in [2.75, 3.05) is 12.4 Å². The first-order valence-electron chi connectivity index (χ1n) is 9.52. The third-order valence-corrected chi connectivity index (χ3v) is 4.68. The van der Waals surface area contributed by atoms with Crippen LogP contribution in [0.15, 0.2) is 65.8 Å². The average Bonchev–Trinajstić information content (AvgIpc) is 2.76.